The Morgan fingerprint density at radius 2 is 2.24 bits per heavy atom. The van der Waals surface area contributed by atoms with Crippen LogP contribution in [0.25, 0.3) is 0 Å². The summed E-state index contributed by atoms with van der Waals surface area (Å²) in [4.78, 5) is 13.9. The van der Waals surface area contributed by atoms with Crippen LogP contribution < -0.4 is 0 Å². The molecule has 1 amide bonds. The zero-order valence-electron chi connectivity index (χ0n) is 9.13. The molecule has 0 N–H and O–H groups in total. The number of rotatable bonds is 4. The van der Waals surface area contributed by atoms with Gasteiger partial charge in [0.2, 0.25) is 0 Å². The molecule has 1 aliphatic rings. The lowest BCUT2D eigenvalue weighted by atomic mass is 10.2. The smallest absolute Gasteiger partial charge is 0.254 e. The molecule has 0 unspecified atom stereocenters. The Labute approximate surface area is 113 Å². The minimum atomic E-state index is -0.419. The van der Waals surface area contributed by atoms with Crippen molar-refractivity contribution in [3.05, 3.63) is 34.1 Å². The van der Waals surface area contributed by atoms with Gasteiger partial charge in [-0.05, 0) is 47.0 Å². The van der Waals surface area contributed by atoms with Crippen LogP contribution in [0.3, 0.4) is 0 Å². The first kappa shape index (κ1) is 12.8. The Bertz CT molecular complexity index is 437. The fourth-order valence-corrected chi connectivity index (χ4v) is 2.15. The molecule has 0 heterocycles. The van der Waals surface area contributed by atoms with Crippen LogP contribution in [0.5, 0.6) is 0 Å². The summed E-state index contributed by atoms with van der Waals surface area (Å²) in [7, 11) is 0. The third kappa shape index (κ3) is 2.99. The molecule has 5 heteroatoms. The van der Waals surface area contributed by atoms with E-state index in [0.717, 1.165) is 12.8 Å². The van der Waals surface area contributed by atoms with Crippen molar-refractivity contribution >= 4 is 33.4 Å². The van der Waals surface area contributed by atoms with E-state index in [-0.39, 0.29) is 11.9 Å². The highest BCUT2D eigenvalue weighted by Gasteiger charge is 2.32. The molecule has 2 rings (SSSR count). The van der Waals surface area contributed by atoms with E-state index in [1.807, 2.05) is 0 Å². The van der Waals surface area contributed by atoms with Gasteiger partial charge in [0.15, 0.2) is 0 Å². The third-order valence-corrected chi connectivity index (χ3v) is 3.55. The number of amides is 1. The molecule has 92 valence electrons. The van der Waals surface area contributed by atoms with Gasteiger partial charge < -0.3 is 4.90 Å². The van der Waals surface area contributed by atoms with Crippen LogP contribution in [0.1, 0.15) is 23.2 Å². The minimum absolute atomic E-state index is 0.139. The lowest BCUT2D eigenvalue weighted by molar-refractivity contribution is 0.0753. The first-order valence-corrected chi connectivity index (χ1v) is 6.78. The summed E-state index contributed by atoms with van der Waals surface area (Å²) in [6.45, 7) is 0.517. The normalized spacial score (nSPS) is 14.8. The van der Waals surface area contributed by atoms with Gasteiger partial charge in [0.1, 0.15) is 5.82 Å². The Morgan fingerprint density at radius 3 is 2.76 bits per heavy atom. The zero-order chi connectivity index (χ0) is 12.4. The maximum Gasteiger partial charge on any atom is 0.254 e. The predicted molar refractivity (Wildman–Crippen MR) is 68.9 cm³/mol. The van der Waals surface area contributed by atoms with Gasteiger partial charge in [0.05, 0.1) is 4.47 Å². The second kappa shape index (κ2) is 5.36. The molecule has 0 atom stereocenters. The molecule has 1 fully saturated rings. The van der Waals surface area contributed by atoms with Gasteiger partial charge in [0.25, 0.3) is 5.91 Å². The van der Waals surface area contributed by atoms with E-state index in [1.165, 1.54) is 6.07 Å². The van der Waals surface area contributed by atoms with Gasteiger partial charge in [-0.25, -0.2) is 4.39 Å². The number of benzene rings is 1. The summed E-state index contributed by atoms with van der Waals surface area (Å²) in [5.74, 6) is -0.154. The van der Waals surface area contributed by atoms with Crippen molar-refractivity contribution in [3.63, 3.8) is 0 Å². The van der Waals surface area contributed by atoms with Gasteiger partial charge in [-0.2, -0.15) is 0 Å². The third-order valence-electron chi connectivity index (χ3n) is 2.74. The molecule has 17 heavy (non-hydrogen) atoms. The average molecular weight is 321 g/mol. The van der Waals surface area contributed by atoms with Crippen LogP contribution in [0.15, 0.2) is 22.7 Å². The van der Waals surface area contributed by atoms with Crippen molar-refractivity contribution in [2.45, 2.75) is 18.9 Å². The van der Waals surface area contributed by atoms with E-state index >= 15 is 0 Å². The second-order valence-electron chi connectivity index (χ2n) is 4.05. The molecule has 0 aromatic heterocycles. The number of hydrogen-bond acceptors (Lipinski definition) is 1. The van der Waals surface area contributed by atoms with Crippen molar-refractivity contribution in [1.82, 2.24) is 4.90 Å². The van der Waals surface area contributed by atoms with E-state index in [0.29, 0.717) is 22.5 Å². The van der Waals surface area contributed by atoms with Crippen LogP contribution >= 0.6 is 27.5 Å². The van der Waals surface area contributed by atoms with Gasteiger partial charge in [-0.3, -0.25) is 4.79 Å². The van der Waals surface area contributed by atoms with Gasteiger partial charge in [-0.1, -0.05) is 0 Å². The number of hydrogen-bond donors (Lipinski definition) is 0. The summed E-state index contributed by atoms with van der Waals surface area (Å²) in [6.07, 6.45) is 2.03. The summed E-state index contributed by atoms with van der Waals surface area (Å²) in [5, 5.41) is 0. The van der Waals surface area contributed by atoms with E-state index in [9.17, 15) is 9.18 Å². The topological polar surface area (TPSA) is 20.3 Å². The first-order valence-electron chi connectivity index (χ1n) is 5.45. The number of alkyl halides is 1. The molecule has 0 bridgehead atoms. The van der Waals surface area contributed by atoms with Crippen LogP contribution in [0, 0.1) is 5.82 Å². The minimum Gasteiger partial charge on any atom is -0.334 e. The number of nitrogens with zero attached hydrogens (tertiary/aromatic N) is 1. The number of carbonyl (C=O) groups excluding carboxylic acids is 1. The second-order valence-corrected chi connectivity index (χ2v) is 5.28. The molecule has 0 spiro atoms. The van der Waals surface area contributed by atoms with Crippen LogP contribution in [-0.4, -0.2) is 29.3 Å². The maximum absolute atomic E-state index is 13.4. The lowest BCUT2D eigenvalue weighted by Gasteiger charge is -2.21. The Morgan fingerprint density at radius 1 is 1.53 bits per heavy atom. The fraction of sp³-hybridized carbons (Fsp3) is 0.417. The van der Waals surface area contributed by atoms with Crippen molar-refractivity contribution < 1.29 is 9.18 Å². The standard InChI is InChI=1S/C12H12BrClFNO/c13-10-4-1-8(7-11(10)15)12(17)16(6-5-14)9-2-3-9/h1,4,7,9H,2-3,5-6H2. The highest BCUT2D eigenvalue weighted by molar-refractivity contribution is 9.10. The highest BCUT2D eigenvalue weighted by Crippen LogP contribution is 2.28. The monoisotopic (exact) mass is 319 g/mol. The molecule has 0 saturated heterocycles. The van der Waals surface area contributed by atoms with Crippen LogP contribution in [-0.2, 0) is 0 Å². The molecule has 1 aliphatic carbocycles. The van der Waals surface area contributed by atoms with E-state index in [2.05, 4.69) is 15.9 Å². The lowest BCUT2D eigenvalue weighted by Crippen LogP contribution is -2.34. The zero-order valence-corrected chi connectivity index (χ0v) is 11.5. The van der Waals surface area contributed by atoms with E-state index in [1.54, 1.807) is 17.0 Å². The number of carbonyl (C=O) groups is 1. The van der Waals surface area contributed by atoms with Gasteiger partial charge in [0, 0.05) is 24.0 Å². The van der Waals surface area contributed by atoms with Crippen molar-refractivity contribution in [3.8, 4) is 0 Å². The Hall–Kier alpha value is -0.610. The molecular weight excluding hydrogens is 308 g/mol. The van der Waals surface area contributed by atoms with E-state index in [4.69, 9.17) is 11.6 Å². The largest absolute Gasteiger partial charge is 0.334 e. The van der Waals surface area contributed by atoms with Crippen molar-refractivity contribution in [1.29, 1.82) is 0 Å². The Kier molecular flexibility index (Phi) is 4.05. The van der Waals surface area contributed by atoms with Crippen molar-refractivity contribution in [2.24, 2.45) is 0 Å². The summed E-state index contributed by atoms with van der Waals surface area (Å²) >= 11 is 8.75. The van der Waals surface area contributed by atoms with Gasteiger partial charge >= 0.3 is 0 Å². The Balaban J connectivity index is 2.19. The molecule has 2 nitrogen and oxygen atoms in total. The van der Waals surface area contributed by atoms with Gasteiger partial charge in [-0.15, -0.1) is 11.6 Å². The molecule has 0 radical (unpaired) electrons. The maximum atomic E-state index is 13.4. The molecule has 1 aromatic rings. The molecule has 1 saturated carbocycles. The highest BCUT2D eigenvalue weighted by atomic mass is 79.9. The van der Waals surface area contributed by atoms with E-state index < -0.39 is 5.82 Å². The average Bonchev–Trinajstić information content (AvgIpc) is 3.13. The summed E-state index contributed by atoms with van der Waals surface area (Å²) < 4.78 is 13.7. The SMILES string of the molecule is O=C(c1ccc(Br)c(F)c1)N(CCCl)C1CC1. The fourth-order valence-electron chi connectivity index (χ4n) is 1.72. The van der Waals surface area contributed by atoms with Crippen LogP contribution in [0.4, 0.5) is 4.39 Å². The van der Waals surface area contributed by atoms with Crippen molar-refractivity contribution in [2.75, 3.05) is 12.4 Å². The first-order chi connectivity index (χ1) is 8.13. The molecular formula is C12H12BrClFNO. The summed E-state index contributed by atoms with van der Waals surface area (Å²) in [5.41, 5.74) is 0.378. The quantitative estimate of drug-likeness (QED) is 0.778. The number of halogens is 3. The molecule has 0 aliphatic heterocycles. The summed E-state index contributed by atoms with van der Waals surface area (Å²) in [6, 6.07) is 4.72. The predicted octanol–water partition coefficient (Wildman–Crippen LogP) is 3.43. The van der Waals surface area contributed by atoms with Crippen LogP contribution in [0.2, 0.25) is 0 Å². The molecule has 1 aromatic carbocycles.